The van der Waals surface area contributed by atoms with Crippen molar-refractivity contribution in [1.29, 1.82) is 0 Å². The second-order valence-corrected chi connectivity index (χ2v) is 4.71. The molecule has 0 aliphatic carbocycles. The summed E-state index contributed by atoms with van der Waals surface area (Å²) in [5.74, 6) is 2.58. The molecule has 1 amide bonds. The van der Waals surface area contributed by atoms with Crippen molar-refractivity contribution in [2.24, 2.45) is 11.7 Å². The number of thioether (sulfide) groups is 1. The van der Waals surface area contributed by atoms with E-state index in [1.165, 1.54) is 12.2 Å². The van der Waals surface area contributed by atoms with E-state index in [1.807, 2.05) is 18.7 Å². The van der Waals surface area contributed by atoms with E-state index in [9.17, 15) is 4.79 Å². The number of hydrogen-bond donors (Lipinski definition) is 2. The van der Waals surface area contributed by atoms with Gasteiger partial charge in [0.25, 0.3) is 0 Å². The zero-order valence-corrected chi connectivity index (χ0v) is 8.90. The highest BCUT2D eigenvalue weighted by Gasteiger charge is 2.21. The summed E-state index contributed by atoms with van der Waals surface area (Å²) in [7, 11) is 0. The summed E-state index contributed by atoms with van der Waals surface area (Å²) in [4.78, 5) is 11.6. The van der Waals surface area contributed by atoms with Crippen molar-refractivity contribution in [3.63, 3.8) is 0 Å². The normalized spacial score (nSPS) is 25.2. The molecule has 0 aromatic heterocycles. The molecule has 4 heteroatoms. The van der Waals surface area contributed by atoms with Crippen LogP contribution in [0, 0.1) is 5.92 Å². The van der Waals surface area contributed by atoms with Gasteiger partial charge >= 0.3 is 0 Å². The second kappa shape index (κ2) is 5.50. The van der Waals surface area contributed by atoms with Crippen molar-refractivity contribution in [1.82, 2.24) is 5.32 Å². The van der Waals surface area contributed by atoms with Crippen molar-refractivity contribution in [3.8, 4) is 0 Å². The fourth-order valence-electron chi connectivity index (χ4n) is 1.37. The monoisotopic (exact) mass is 202 g/mol. The average Bonchev–Trinajstić information content (AvgIpc) is 2.19. The van der Waals surface area contributed by atoms with Gasteiger partial charge in [-0.3, -0.25) is 4.79 Å². The molecule has 0 radical (unpaired) electrons. The van der Waals surface area contributed by atoms with Gasteiger partial charge in [-0.25, -0.2) is 0 Å². The lowest BCUT2D eigenvalue weighted by molar-refractivity contribution is -0.125. The zero-order chi connectivity index (χ0) is 9.68. The van der Waals surface area contributed by atoms with E-state index in [1.54, 1.807) is 0 Å². The van der Waals surface area contributed by atoms with Crippen LogP contribution in [-0.4, -0.2) is 30.0 Å². The molecule has 1 aliphatic heterocycles. The summed E-state index contributed by atoms with van der Waals surface area (Å²) >= 11 is 1.87. The molecule has 3 nitrogen and oxygen atoms in total. The lowest BCUT2D eigenvalue weighted by atomic mass is 10.0. The molecule has 0 saturated carbocycles. The number of rotatable bonds is 3. The third kappa shape index (κ3) is 3.56. The Morgan fingerprint density at radius 1 is 1.77 bits per heavy atom. The minimum Gasteiger partial charge on any atom is -0.352 e. The fourth-order valence-corrected chi connectivity index (χ4v) is 2.51. The highest BCUT2D eigenvalue weighted by Crippen LogP contribution is 2.22. The van der Waals surface area contributed by atoms with Crippen LogP contribution in [0.5, 0.6) is 0 Å². The van der Waals surface area contributed by atoms with Crippen LogP contribution in [0.2, 0.25) is 0 Å². The van der Waals surface area contributed by atoms with E-state index in [2.05, 4.69) is 5.32 Å². The van der Waals surface area contributed by atoms with E-state index in [0.717, 1.165) is 12.2 Å². The first-order chi connectivity index (χ1) is 6.24. The van der Waals surface area contributed by atoms with Gasteiger partial charge in [-0.15, -0.1) is 0 Å². The molecule has 0 spiro atoms. The van der Waals surface area contributed by atoms with E-state index in [-0.39, 0.29) is 17.9 Å². The maximum atomic E-state index is 11.6. The number of carbonyl (C=O) groups excluding carboxylic acids is 1. The standard InChI is InChI=1S/C9H18N2OS/c1-7(5-10)11-9(12)8-3-2-4-13-6-8/h7-8H,2-6,10H2,1H3,(H,11,12). The van der Waals surface area contributed by atoms with Gasteiger partial charge in [0.15, 0.2) is 0 Å². The maximum absolute atomic E-state index is 11.6. The Morgan fingerprint density at radius 3 is 3.08 bits per heavy atom. The Bertz CT molecular complexity index is 169. The molecule has 1 heterocycles. The molecular weight excluding hydrogens is 184 g/mol. The Kier molecular flexibility index (Phi) is 4.59. The summed E-state index contributed by atoms with van der Waals surface area (Å²) in [6.07, 6.45) is 2.20. The van der Waals surface area contributed by atoms with Crippen LogP contribution in [0.25, 0.3) is 0 Å². The number of carbonyl (C=O) groups is 1. The van der Waals surface area contributed by atoms with Crippen LogP contribution < -0.4 is 11.1 Å². The second-order valence-electron chi connectivity index (χ2n) is 3.56. The first-order valence-corrected chi connectivity index (χ1v) is 5.97. The molecule has 1 rings (SSSR count). The Hall–Kier alpha value is -0.220. The summed E-state index contributed by atoms with van der Waals surface area (Å²) < 4.78 is 0. The van der Waals surface area contributed by atoms with Crippen molar-refractivity contribution in [3.05, 3.63) is 0 Å². The van der Waals surface area contributed by atoms with Gasteiger partial charge in [0.1, 0.15) is 0 Å². The lowest BCUT2D eigenvalue weighted by Crippen LogP contribution is -2.42. The highest BCUT2D eigenvalue weighted by atomic mass is 32.2. The van der Waals surface area contributed by atoms with E-state index < -0.39 is 0 Å². The molecule has 0 bridgehead atoms. The van der Waals surface area contributed by atoms with Gasteiger partial charge in [0.05, 0.1) is 0 Å². The molecule has 13 heavy (non-hydrogen) atoms. The third-order valence-electron chi connectivity index (χ3n) is 2.27. The van der Waals surface area contributed by atoms with E-state index >= 15 is 0 Å². The zero-order valence-electron chi connectivity index (χ0n) is 8.08. The fraction of sp³-hybridized carbons (Fsp3) is 0.889. The molecule has 1 aliphatic rings. The van der Waals surface area contributed by atoms with Crippen molar-refractivity contribution >= 4 is 17.7 Å². The molecule has 1 fully saturated rings. The van der Waals surface area contributed by atoms with Crippen molar-refractivity contribution in [2.75, 3.05) is 18.1 Å². The summed E-state index contributed by atoms with van der Waals surface area (Å²) in [6.45, 7) is 2.46. The number of nitrogens with one attached hydrogen (secondary N) is 1. The van der Waals surface area contributed by atoms with Gasteiger partial charge < -0.3 is 11.1 Å². The van der Waals surface area contributed by atoms with E-state index in [4.69, 9.17) is 5.73 Å². The molecule has 3 N–H and O–H groups in total. The van der Waals surface area contributed by atoms with Gasteiger partial charge in [-0.1, -0.05) is 0 Å². The molecule has 0 aromatic carbocycles. The number of amides is 1. The Morgan fingerprint density at radius 2 is 2.54 bits per heavy atom. The molecule has 2 atom stereocenters. The van der Waals surface area contributed by atoms with Crippen LogP contribution >= 0.6 is 11.8 Å². The summed E-state index contributed by atoms with van der Waals surface area (Å²) in [5, 5.41) is 2.92. The van der Waals surface area contributed by atoms with Crippen LogP contribution in [0.1, 0.15) is 19.8 Å². The highest BCUT2D eigenvalue weighted by molar-refractivity contribution is 7.99. The van der Waals surface area contributed by atoms with Crippen LogP contribution in [0.3, 0.4) is 0 Å². The predicted molar refractivity (Wildman–Crippen MR) is 56.7 cm³/mol. The molecule has 76 valence electrons. The largest absolute Gasteiger partial charge is 0.352 e. The smallest absolute Gasteiger partial charge is 0.224 e. The quantitative estimate of drug-likeness (QED) is 0.704. The van der Waals surface area contributed by atoms with Crippen molar-refractivity contribution in [2.45, 2.75) is 25.8 Å². The van der Waals surface area contributed by atoms with Crippen LogP contribution in [0.15, 0.2) is 0 Å². The van der Waals surface area contributed by atoms with Gasteiger partial charge in [0, 0.05) is 24.3 Å². The topological polar surface area (TPSA) is 55.1 Å². The first kappa shape index (κ1) is 10.9. The summed E-state index contributed by atoms with van der Waals surface area (Å²) in [5.41, 5.74) is 5.43. The minimum absolute atomic E-state index is 0.111. The first-order valence-electron chi connectivity index (χ1n) is 4.82. The van der Waals surface area contributed by atoms with Crippen LogP contribution in [0.4, 0.5) is 0 Å². The van der Waals surface area contributed by atoms with Crippen LogP contribution in [-0.2, 0) is 4.79 Å². The lowest BCUT2D eigenvalue weighted by Gasteiger charge is -2.22. The van der Waals surface area contributed by atoms with Gasteiger partial charge in [-0.05, 0) is 25.5 Å². The third-order valence-corrected chi connectivity index (χ3v) is 3.49. The predicted octanol–water partition coefficient (Wildman–Crippen LogP) is 0.593. The number of nitrogens with two attached hydrogens (primary N) is 1. The SMILES string of the molecule is CC(CN)NC(=O)C1CCCSC1. The Balaban J connectivity index is 2.29. The molecular formula is C9H18N2OS. The van der Waals surface area contributed by atoms with Crippen molar-refractivity contribution < 1.29 is 4.79 Å². The van der Waals surface area contributed by atoms with E-state index in [0.29, 0.717) is 6.54 Å². The summed E-state index contributed by atoms with van der Waals surface area (Å²) in [6, 6.07) is 0.111. The molecule has 1 saturated heterocycles. The Labute approximate surface area is 83.8 Å². The maximum Gasteiger partial charge on any atom is 0.224 e. The van der Waals surface area contributed by atoms with Gasteiger partial charge in [-0.2, -0.15) is 11.8 Å². The number of hydrogen-bond acceptors (Lipinski definition) is 3. The average molecular weight is 202 g/mol. The van der Waals surface area contributed by atoms with Gasteiger partial charge in [0.2, 0.25) is 5.91 Å². The molecule has 0 aromatic rings. The minimum atomic E-state index is 0.111. The molecule has 2 unspecified atom stereocenters.